The third-order valence-electron chi connectivity index (χ3n) is 3.86. The highest BCUT2D eigenvalue weighted by Crippen LogP contribution is 2.29. The SMILES string of the molecule is Cc1nnc([C@H]2CCCN(C(=O)Cc3ccccc3)C2)s1. The van der Waals surface area contributed by atoms with Gasteiger partial charge in [0.2, 0.25) is 5.91 Å². The van der Waals surface area contributed by atoms with E-state index in [1.807, 2.05) is 42.2 Å². The number of benzene rings is 1. The van der Waals surface area contributed by atoms with Gasteiger partial charge < -0.3 is 4.90 Å². The van der Waals surface area contributed by atoms with Gasteiger partial charge in [0.15, 0.2) is 0 Å². The summed E-state index contributed by atoms with van der Waals surface area (Å²) >= 11 is 1.65. The summed E-state index contributed by atoms with van der Waals surface area (Å²) in [6, 6.07) is 9.95. The van der Waals surface area contributed by atoms with E-state index in [4.69, 9.17) is 0 Å². The summed E-state index contributed by atoms with van der Waals surface area (Å²) in [5, 5.41) is 10.4. The summed E-state index contributed by atoms with van der Waals surface area (Å²) in [6.45, 7) is 3.61. The van der Waals surface area contributed by atoms with E-state index in [-0.39, 0.29) is 5.91 Å². The van der Waals surface area contributed by atoms with Crippen LogP contribution in [0.15, 0.2) is 30.3 Å². The molecule has 110 valence electrons. The maximum Gasteiger partial charge on any atom is 0.227 e. The van der Waals surface area contributed by atoms with Gasteiger partial charge in [-0.15, -0.1) is 21.5 Å². The molecule has 1 saturated heterocycles. The van der Waals surface area contributed by atoms with E-state index in [0.29, 0.717) is 12.3 Å². The first-order chi connectivity index (χ1) is 10.2. The van der Waals surface area contributed by atoms with Crippen LogP contribution >= 0.6 is 11.3 Å². The van der Waals surface area contributed by atoms with E-state index >= 15 is 0 Å². The predicted molar refractivity (Wildman–Crippen MR) is 83.3 cm³/mol. The first kappa shape index (κ1) is 14.2. The Morgan fingerprint density at radius 2 is 2.14 bits per heavy atom. The van der Waals surface area contributed by atoms with Crippen LogP contribution < -0.4 is 0 Å². The minimum atomic E-state index is 0.215. The zero-order chi connectivity index (χ0) is 14.7. The number of amides is 1. The van der Waals surface area contributed by atoms with Gasteiger partial charge in [-0.3, -0.25) is 4.79 Å². The Bertz CT molecular complexity index is 611. The lowest BCUT2D eigenvalue weighted by Gasteiger charge is -2.31. The van der Waals surface area contributed by atoms with Crippen molar-refractivity contribution in [3.05, 3.63) is 45.9 Å². The molecule has 0 N–H and O–H groups in total. The van der Waals surface area contributed by atoms with Crippen molar-refractivity contribution in [1.29, 1.82) is 0 Å². The summed E-state index contributed by atoms with van der Waals surface area (Å²) in [4.78, 5) is 14.4. The second kappa shape index (κ2) is 6.35. The Morgan fingerprint density at radius 3 is 2.86 bits per heavy atom. The van der Waals surface area contributed by atoms with Crippen molar-refractivity contribution < 1.29 is 4.79 Å². The molecule has 0 aliphatic carbocycles. The van der Waals surface area contributed by atoms with Gasteiger partial charge in [0.05, 0.1) is 6.42 Å². The number of rotatable bonds is 3. The predicted octanol–water partition coefficient (Wildman–Crippen LogP) is 2.80. The van der Waals surface area contributed by atoms with E-state index < -0.39 is 0 Å². The Hall–Kier alpha value is -1.75. The number of piperidine rings is 1. The molecule has 1 aliphatic heterocycles. The maximum absolute atomic E-state index is 12.4. The van der Waals surface area contributed by atoms with E-state index in [1.54, 1.807) is 11.3 Å². The molecule has 0 bridgehead atoms. The fourth-order valence-electron chi connectivity index (χ4n) is 2.76. The quantitative estimate of drug-likeness (QED) is 0.876. The van der Waals surface area contributed by atoms with E-state index in [9.17, 15) is 4.79 Å². The van der Waals surface area contributed by atoms with Crippen LogP contribution in [0.3, 0.4) is 0 Å². The van der Waals surface area contributed by atoms with Crippen molar-refractivity contribution in [2.45, 2.75) is 32.1 Å². The third-order valence-corrected chi connectivity index (χ3v) is 4.86. The summed E-state index contributed by atoms with van der Waals surface area (Å²) < 4.78 is 0. The molecule has 0 radical (unpaired) electrons. The van der Waals surface area contributed by atoms with Crippen molar-refractivity contribution >= 4 is 17.2 Å². The van der Waals surface area contributed by atoms with E-state index in [0.717, 1.165) is 41.5 Å². The van der Waals surface area contributed by atoms with Crippen LogP contribution in [-0.2, 0) is 11.2 Å². The summed E-state index contributed by atoms with van der Waals surface area (Å²) in [7, 11) is 0. The Morgan fingerprint density at radius 1 is 1.33 bits per heavy atom. The summed E-state index contributed by atoms with van der Waals surface area (Å²) in [5.74, 6) is 0.566. The molecule has 1 aromatic carbocycles. The van der Waals surface area contributed by atoms with Gasteiger partial charge in [0, 0.05) is 19.0 Å². The largest absolute Gasteiger partial charge is 0.342 e. The molecule has 1 amide bonds. The number of aryl methyl sites for hydroxylation is 1. The fourth-order valence-corrected chi connectivity index (χ4v) is 3.59. The molecule has 2 aromatic rings. The third kappa shape index (κ3) is 3.47. The number of hydrogen-bond donors (Lipinski definition) is 0. The molecular formula is C16H19N3OS. The molecule has 0 unspecified atom stereocenters. The van der Waals surface area contributed by atoms with Crippen molar-refractivity contribution in [3.8, 4) is 0 Å². The normalized spacial score (nSPS) is 18.7. The van der Waals surface area contributed by atoms with Gasteiger partial charge in [-0.25, -0.2) is 0 Å². The zero-order valence-corrected chi connectivity index (χ0v) is 13.0. The average molecular weight is 301 g/mol. The highest BCUT2D eigenvalue weighted by molar-refractivity contribution is 7.11. The van der Waals surface area contributed by atoms with Crippen LogP contribution in [0.2, 0.25) is 0 Å². The number of carbonyl (C=O) groups excluding carboxylic acids is 1. The molecule has 21 heavy (non-hydrogen) atoms. The zero-order valence-electron chi connectivity index (χ0n) is 12.2. The number of nitrogens with zero attached hydrogens (tertiary/aromatic N) is 3. The average Bonchev–Trinajstić information content (AvgIpc) is 2.95. The minimum Gasteiger partial charge on any atom is -0.342 e. The highest BCUT2D eigenvalue weighted by atomic mass is 32.1. The lowest BCUT2D eigenvalue weighted by atomic mass is 9.98. The number of likely N-dealkylation sites (tertiary alicyclic amines) is 1. The van der Waals surface area contributed by atoms with Gasteiger partial charge in [-0.05, 0) is 25.3 Å². The lowest BCUT2D eigenvalue weighted by molar-refractivity contribution is -0.131. The fraction of sp³-hybridized carbons (Fsp3) is 0.438. The summed E-state index contributed by atoms with van der Waals surface area (Å²) in [6.07, 6.45) is 2.64. The van der Waals surface area contributed by atoms with Crippen LogP contribution in [0.5, 0.6) is 0 Å². The van der Waals surface area contributed by atoms with Crippen molar-refractivity contribution in [2.24, 2.45) is 0 Å². The van der Waals surface area contributed by atoms with Gasteiger partial charge in [0.1, 0.15) is 10.0 Å². The van der Waals surface area contributed by atoms with Gasteiger partial charge in [0.25, 0.3) is 0 Å². The van der Waals surface area contributed by atoms with Crippen LogP contribution in [0.25, 0.3) is 0 Å². The first-order valence-corrected chi connectivity index (χ1v) is 8.16. The van der Waals surface area contributed by atoms with Gasteiger partial charge >= 0.3 is 0 Å². The Kier molecular flexibility index (Phi) is 4.29. The monoisotopic (exact) mass is 301 g/mol. The second-order valence-electron chi connectivity index (χ2n) is 5.50. The van der Waals surface area contributed by atoms with E-state index in [2.05, 4.69) is 10.2 Å². The molecule has 1 aromatic heterocycles. The van der Waals surface area contributed by atoms with E-state index in [1.165, 1.54) is 0 Å². The van der Waals surface area contributed by atoms with Crippen molar-refractivity contribution in [2.75, 3.05) is 13.1 Å². The molecule has 3 rings (SSSR count). The van der Waals surface area contributed by atoms with Crippen molar-refractivity contribution in [1.82, 2.24) is 15.1 Å². The van der Waals surface area contributed by atoms with Gasteiger partial charge in [-0.2, -0.15) is 0 Å². The maximum atomic E-state index is 12.4. The Balaban J connectivity index is 1.64. The molecule has 0 saturated carbocycles. The number of carbonyl (C=O) groups is 1. The smallest absolute Gasteiger partial charge is 0.227 e. The number of aromatic nitrogens is 2. The molecule has 1 fully saturated rings. The molecule has 1 aliphatic rings. The topological polar surface area (TPSA) is 46.1 Å². The highest BCUT2D eigenvalue weighted by Gasteiger charge is 2.26. The molecule has 4 nitrogen and oxygen atoms in total. The molecule has 0 spiro atoms. The van der Waals surface area contributed by atoms with Crippen LogP contribution in [-0.4, -0.2) is 34.1 Å². The molecule has 5 heteroatoms. The second-order valence-corrected chi connectivity index (χ2v) is 6.71. The molecular weight excluding hydrogens is 282 g/mol. The van der Waals surface area contributed by atoms with Crippen molar-refractivity contribution in [3.63, 3.8) is 0 Å². The van der Waals surface area contributed by atoms with Crippen LogP contribution in [0.4, 0.5) is 0 Å². The summed E-state index contributed by atoms with van der Waals surface area (Å²) in [5.41, 5.74) is 1.08. The van der Waals surface area contributed by atoms with Crippen LogP contribution in [0, 0.1) is 6.92 Å². The van der Waals surface area contributed by atoms with Crippen LogP contribution in [0.1, 0.15) is 34.3 Å². The standard InChI is InChI=1S/C16H19N3OS/c1-12-17-18-16(21-12)14-8-5-9-19(11-14)15(20)10-13-6-3-2-4-7-13/h2-4,6-7,14H,5,8-11H2,1H3/t14-/m0/s1. The lowest BCUT2D eigenvalue weighted by Crippen LogP contribution is -2.39. The molecule has 1 atom stereocenters. The first-order valence-electron chi connectivity index (χ1n) is 7.34. The van der Waals surface area contributed by atoms with Gasteiger partial charge in [-0.1, -0.05) is 30.3 Å². The molecule has 2 heterocycles. The minimum absolute atomic E-state index is 0.215. The Labute approximate surface area is 128 Å². The number of hydrogen-bond acceptors (Lipinski definition) is 4.